The van der Waals surface area contributed by atoms with Crippen LogP contribution in [-0.4, -0.2) is 22.3 Å². The van der Waals surface area contributed by atoms with E-state index in [9.17, 15) is 4.79 Å². The van der Waals surface area contributed by atoms with Crippen molar-refractivity contribution in [3.8, 4) is 0 Å². The Bertz CT molecular complexity index is 82.7. The fourth-order valence-electron chi connectivity index (χ4n) is 0. The average molecular weight is 92.1 g/mol. The molecule has 0 saturated carbocycles. The number of hydrogen-bond donors (Lipinski definition) is 2. The SMILES string of the molecule is [3H]C(C)(O)C(=O)O. The summed E-state index contributed by atoms with van der Waals surface area (Å²) in [6.07, 6.45) is -2.33. The molecule has 0 aromatic heterocycles. The van der Waals surface area contributed by atoms with E-state index in [0.717, 1.165) is 6.92 Å². The van der Waals surface area contributed by atoms with Crippen LogP contribution in [0.15, 0.2) is 0 Å². The van der Waals surface area contributed by atoms with E-state index >= 15 is 0 Å². The molecule has 3 heteroatoms. The molecule has 36 valence electrons. The third kappa shape index (κ3) is 1.72. The van der Waals surface area contributed by atoms with Crippen LogP contribution in [0, 0.1) is 0 Å². The molecule has 1 atom stereocenters. The molecule has 0 amide bonds. The molecule has 1 unspecified atom stereocenters. The van der Waals surface area contributed by atoms with Gasteiger partial charge in [-0.2, -0.15) is 0 Å². The summed E-state index contributed by atoms with van der Waals surface area (Å²) in [6.45, 7) is 0.884. The summed E-state index contributed by atoms with van der Waals surface area (Å²) in [5.41, 5.74) is 0. The topological polar surface area (TPSA) is 57.5 Å². The van der Waals surface area contributed by atoms with Crippen LogP contribution in [-0.2, 0) is 4.79 Å². The van der Waals surface area contributed by atoms with E-state index in [2.05, 4.69) is 0 Å². The summed E-state index contributed by atoms with van der Waals surface area (Å²) in [5.74, 6) is -1.53. The zero-order valence-corrected chi connectivity index (χ0v) is 3.30. The van der Waals surface area contributed by atoms with Gasteiger partial charge >= 0.3 is 5.97 Å². The van der Waals surface area contributed by atoms with Crippen molar-refractivity contribution in [2.24, 2.45) is 0 Å². The summed E-state index contributed by atoms with van der Waals surface area (Å²) in [4.78, 5) is 9.58. The second-order valence-corrected chi connectivity index (χ2v) is 0.891. The van der Waals surface area contributed by atoms with E-state index in [0.29, 0.717) is 0 Å². The highest BCUT2D eigenvalue weighted by atomic mass is 16.4. The Morgan fingerprint density at radius 1 is 2.17 bits per heavy atom. The molecule has 0 aliphatic rings. The quantitative estimate of drug-likeness (QED) is 0.456. The number of carboxylic acids is 1. The van der Waals surface area contributed by atoms with Gasteiger partial charge in [-0.15, -0.1) is 0 Å². The van der Waals surface area contributed by atoms with Crippen molar-refractivity contribution in [2.75, 3.05) is 0 Å². The number of rotatable bonds is 1. The Hall–Kier alpha value is -0.570. The molecule has 3 nitrogen and oxygen atoms in total. The van der Waals surface area contributed by atoms with Gasteiger partial charge in [-0.25, -0.2) is 4.79 Å². The van der Waals surface area contributed by atoms with Gasteiger partial charge in [0.25, 0.3) is 0 Å². The smallest absolute Gasteiger partial charge is 0.332 e. The first kappa shape index (κ1) is 3.61. The lowest BCUT2D eigenvalue weighted by Gasteiger charge is -1.89. The minimum atomic E-state index is -2.33. The van der Waals surface area contributed by atoms with E-state index in [-0.39, 0.29) is 0 Å². The molecule has 0 saturated heterocycles. The maximum absolute atomic E-state index is 9.58. The fraction of sp³-hybridized carbons (Fsp3) is 0.667. The highest BCUT2D eigenvalue weighted by Crippen LogP contribution is 1.73. The Labute approximate surface area is 36.6 Å². The van der Waals surface area contributed by atoms with E-state index in [1.165, 1.54) is 0 Å². The maximum atomic E-state index is 9.58. The number of hydrogen-bond acceptors (Lipinski definition) is 2. The normalized spacial score (nSPS) is 21.3. The zero-order valence-electron chi connectivity index (χ0n) is 4.30. The molecule has 0 bridgehead atoms. The van der Waals surface area contributed by atoms with Gasteiger partial charge in [0.05, 0.1) is 1.37 Å². The first-order chi connectivity index (χ1) is 2.94. The molecule has 0 heterocycles. The standard InChI is InChI=1S/C3H6O3/c1-2(4)3(5)6/h2,4H,1H3,(H,5,6)/i2T. The second kappa shape index (κ2) is 1.77. The van der Waals surface area contributed by atoms with Crippen molar-refractivity contribution in [3.63, 3.8) is 0 Å². The van der Waals surface area contributed by atoms with Crippen molar-refractivity contribution in [2.45, 2.75) is 13.0 Å². The van der Waals surface area contributed by atoms with Crippen LogP contribution in [0.5, 0.6) is 0 Å². The molecule has 0 rings (SSSR count). The van der Waals surface area contributed by atoms with E-state index < -0.39 is 12.0 Å². The van der Waals surface area contributed by atoms with Crippen LogP contribution in [0.25, 0.3) is 0 Å². The van der Waals surface area contributed by atoms with Crippen LogP contribution in [0.4, 0.5) is 0 Å². The van der Waals surface area contributed by atoms with Gasteiger partial charge in [0, 0.05) is 0 Å². The van der Waals surface area contributed by atoms with Crippen LogP contribution in [0.2, 0.25) is 0 Å². The summed E-state index contributed by atoms with van der Waals surface area (Å²) in [6, 6.07) is 0. The van der Waals surface area contributed by atoms with Crippen molar-refractivity contribution in [1.82, 2.24) is 0 Å². The van der Waals surface area contributed by atoms with Crippen LogP contribution in [0.3, 0.4) is 0 Å². The Morgan fingerprint density at radius 2 is 2.33 bits per heavy atom. The van der Waals surface area contributed by atoms with Gasteiger partial charge in [-0.1, -0.05) is 0 Å². The number of carbonyl (C=O) groups is 1. The van der Waals surface area contributed by atoms with E-state index in [1.807, 2.05) is 0 Å². The van der Waals surface area contributed by atoms with Crippen LogP contribution >= 0.6 is 0 Å². The van der Waals surface area contributed by atoms with Gasteiger partial charge in [0.15, 0.2) is 0 Å². The van der Waals surface area contributed by atoms with E-state index in [4.69, 9.17) is 11.6 Å². The zero-order chi connectivity index (χ0) is 6.08. The molecule has 0 radical (unpaired) electrons. The molecule has 0 fully saturated rings. The fourth-order valence-corrected chi connectivity index (χ4v) is 0. The molecule has 0 spiro atoms. The Morgan fingerprint density at radius 3 is 2.33 bits per heavy atom. The lowest BCUT2D eigenvalue weighted by atomic mass is 10.4. The van der Waals surface area contributed by atoms with Crippen molar-refractivity contribution in [3.05, 3.63) is 0 Å². The molecule has 0 aromatic rings. The molecular weight excluding hydrogens is 84.0 g/mol. The van der Waals surface area contributed by atoms with Crippen molar-refractivity contribution in [1.29, 1.82) is 0 Å². The van der Waals surface area contributed by atoms with Gasteiger partial charge in [0.1, 0.15) is 6.08 Å². The molecule has 0 aliphatic heterocycles. The summed E-state index contributed by atoms with van der Waals surface area (Å²) in [7, 11) is 0. The first-order valence-corrected chi connectivity index (χ1v) is 1.40. The molecule has 6 heavy (non-hydrogen) atoms. The molecular formula is C3H6O3. The van der Waals surface area contributed by atoms with E-state index in [1.54, 1.807) is 0 Å². The Kier molecular flexibility index (Phi) is 1.06. The Balaban J connectivity index is 3.79. The first-order valence-electron chi connectivity index (χ1n) is 1.90. The van der Waals surface area contributed by atoms with Crippen LogP contribution < -0.4 is 0 Å². The molecule has 0 aromatic carbocycles. The number of carboxylic acid groups (broad SMARTS) is 1. The lowest BCUT2D eigenvalue weighted by Crippen LogP contribution is -2.13. The van der Waals surface area contributed by atoms with Crippen LogP contribution in [0.1, 0.15) is 8.29 Å². The number of aliphatic hydroxyl groups is 1. The van der Waals surface area contributed by atoms with Crippen molar-refractivity contribution < 1.29 is 16.4 Å². The molecule has 0 aliphatic carbocycles. The van der Waals surface area contributed by atoms with Gasteiger partial charge in [0.2, 0.25) is 0 Å². The minimum Gasteiger partial charge on any atom is -0.479 e. The van der Waals surface area contributed by atoms with Gasteiger partial charge < -0.3 is 10.2 Å². The average Bonchev–Trinajstić information content (AvgIpc) is 1.31. The summed E-state index contributed by atoms with van der Waals surface area (Å²) < 4.78 is 6.34. The second-order valence-electron chi connectivity index (χ2n) is 0.891. The third-order valence-electron chi connectivity index (χ3n) is 0.310. The largest absolute Gasteiger partial charge is 0.479 e. The summed E-state index contributed by atoms with van der Waals surface area (Å²) >= 11 is 0. The predicted molar refractivity (Wildman–Crippen MR) is 19.3 cm³/mol. The number of aliphatic carboxylic acids is 1. The monoisotopic (exact) mass is 92.0 g/mol. The molecule has 2 N–H and O–H groups in total. The highest BCUT2D eigenvalue weighted by molar-refractivity contribution is 5.71. The van der Waals surface area contributed by atoms with Gasteiger partial charge in [-0.05, 0) is 6.92 Å². The maximum Gasteiger partial charge on any atom is 0.332 e. The van der Waals surface area contributed by atoms with Crippen molar-refractivity contribution >= 4 is 5.97 Å². The minimum absolute atomic E-state index is 0.884. The third-order valence-corrected chi connectivity index (χ3v) is 0.310. The predicted octanol–water partition coefficient (Wildman–Crippen LogP) is -0.548. The summed E-state index contributed by atoms with van der Waals surface area (Å²) in [5, 5.41) is 16.0. The lowest BCUT2D eigenvalue weighted by molar-refractivity contribution is -0.145. The van der Waals surface area contributed by atoms with Gasteiger partial charge in [-0.3, -0.25) is 0 Å². The highest BCUT2D eigenvalue weighted by Gasteiger charge is 2.01.